The Labute approximate surface area is 129 Å². The molecular weight excluding hydrogens is 260 g/mol. The van der Waals surface area contributed by atoms with E-state index in [1.54, 1.807) is 0 Å². The van der Waals surface area contributed by atoms with Crippen LogP contribution in [0.15, 0.2) is 30.3 Å². The summed E-state index contributed by atoms with van der Waals surface area (Å²) >= 11 is 0. The lowest BCUT2D eigenvalue weighted by Gasteiger charge is -2.36. The van der Waals surface area contributed by atoms with Crippen LogP contribution in [0.3, 0.4) is 0 Å². The fourth-order valence-corrected chi connectivity index (χ4v) is 3.14. The number of nitrogens with zero attached hydrogens (tertiary/aromatic N) is 2. The molecule has 1 heterocycles. The molecular formula is C18H30N2O. The van der Waals surface area contributed by atoms with Gasteiger partial charge in [-0.2, -0.15) is 0 Å². The van der Waals surface area contributed by atoms with Crippen molar-refractivity contribution in [3.63, 3.8) is 0 Å². The highest BCUT2D eigenvalue weighted by atomic mass is 16.3. The van der Waals surface area contributed by atoms with Crippen molar-refractivity contribution in [2.75, 3.05) is 32.8 Å². The van der Waals surface area contributed by atoms with E-state index in [0.29, 0.717) is 6.04 Å². The Morgan fingerprint density at radius 3 is 2.43 bits per heavy atom. The van der Waals surface area contributed by atoms with E-state index in [2.05, 4.69) is 54.0 Å². The van der Waals surface area contributed by atoms with Gasteiger partial charge in [-0.05, 0) is 51.3 Å². The van der Waals surface area contributed by atoms with E-state index in [-0.39, 0.29) is 6.61 Å². The van der Waals surface area contributed by atoms with Crippen molar-refractivity contribution >= 4 is 0 Å². The number of β-amino-alcohol motifs (C(OH)–C–C–N with tert-alkyl or cyclic N) is 1. The molecule has 0 aromatic heterocycles. The van der Waals surface area contributed by atoms with E-state index < -0.39 is 0 Å². The van der Waals surface area contributed by atoms with Crippen molar-refractivity contribution in [2.24, 2.45) is 5.92 Å². The molecule has 0 saturated carbocycles. The maximum atomic E-state index is 9.02. The highest BCUT2D eigenvalue weighted by Gasteiger charge is 2.22. The first-order valence-electron chi connectivity index (χ1n) is 8.30. The van der Waals surface area contributed by atoms with Gasteiger partial charge in [0.05, 0.1) is 6.61 Å². The minimum Gasteiger partial charge on any atom is -0.395 e. The second-order valence-electron chi connectivity index (χ2n) is 6.52. The fourth-order valence-electron chi connectivity index (χ4n) is 3.14. The largest absolute Gasteiger partial charge is 0.395 e. The lowest BCUT2D eigenvalue weighted by molar-refractivity contribution is 0.109. The Balaban J connectivity index is 1.83. The van der Waals surface area contributed by atoms with Crippen molar-refractivity contribution in [1.82, 2.24) is 9.80 Å². The Hall–Kier alpha value is -0.900. The van der Waals surface area contributed by atoms with Gasteiger partial charge >= 0.3 is 0 Å². The lowest BCUT2D eigenvalue weighted by Crippen LogP contribution is -2.41. The van der Waals surface area contributed by atoms with Gasteiger partial charge in [-0.25, -0.2) is 0 Å². The number of piperidine rings is 1. The molecule has 3 nitrogen and oxygen atoms in total. The molecule has 0 amide bonds. The summed E-state index contributed by atoms with van der Waals surface area (Å²) in [6.45, 7) is 10.2. The minimum atomic E-state index is 0.288. The number of rotatable bonds is 7. The lowest BCUT2D eigenvalue weighted by atomic mass is 9.95. The molecule has 1 aromatic carbocycles. The maximum absolute atomic E-state index is 9.02. The summed E-state index contributed by atoms with van der Waals surface area (Å²) in [5, 5.41) is 9.02. The molecule has 0 aliphatic carbocycles. The van der Waals surface area contributed by atoms with Crippen LogP contribution in [0.2, 0.25) is 0 Å². The molecule has 21 heavy (non-hydrogen) atoms. The summed E-state index contributed by atoms with van der Waals surface area (Å²) in [6, 6.07) is 11.4. The Morgan fingerprint density at radius 1 is 1.19 bits per heavy atom. The van der Waals surface area contributed by atoms with Gasteiger partial charge in [-0.1, -0.05) is 30.3 Å². The summed E-state index contributed by atoms with van der Waals surface area (Å²) in [4.78, 5) is 4.98. The van der Waals surface area contributed by atoms with Crippen LogP contribution in [-0.4, -0.2) is 53.7 Å². The van der Waals surface area contributed by atoms with Crippen LogP contribution in [0.4, 0.5) is 0 Å². The average Bonchev–Trinajstić information content (AvgIpc) is 2.50. The van der Waals surface area contributed by atoms with Crippen molar-refractivity contribution in [2.45, 2.75) is 39.3 Å². The fraction of sp³-hybridized carbons (Fsp3) is 0.667. The van der Waals surface area contributed by atoms with Crippen LogP contribution in [0.1, 0.15) is 32.3 Å². The monoisotopic (exact) mass is 290 g/mol. The van der Waals surface area contributed by atoms with Gasteiger partial charge in [0.25, 0.3) is 0 Å². The third-order valence-corrected chi connectivity index (χ3v) is 4.57. The molecule has 3 heteroatoms. The minimum absolute atomic E-state index is 0.288. The molecule has 1 aliphatic rings. The number of likely N-dealkylation sites (tertiary alicyclic amines) is 1. The predicted molar refractivity (Wildman–Crippen MR) is 88.2 cm³/mol. The van der Waals surface area contributed by atoms with Gasteiger partial charge in [0, 0.05) is 25.7 Å². The van der Waals surface area contributed by atoms with Crippen molar-refractivity contribution < 1.29 is 5.11 Å². The maximum Gasteiger partial charge on any atom is 0.0558 e. The third kappa shape index (κ3) is 5.42. The average molecular weight is 290 g/mol. The molecule has 1 saturated heterocycles. The number of aliphatic hydroxyl groups excluding tert-OH is 1. The van der Waals surface area contributed by atoms with Gasteiger partial charge in [0.2, 0.25) is 0 Å². The molecule has 2 rings (SSSR count). The topological polar surface area (TPSA) is 26.7 Å². The van der Waals surface area contributed by atoms with Crippen LogP contribution in [-0.2, 0) is 6.54 Å². The molecule has 0 atom stereocenters. The molecule has 0 spiro atoms. The molecule has 1 aliphatic heterocycles. The predicted octanol–water partition coefficient (Wildman–Crippen LogP) is 2.60. The molecule has 1 N–H and O–H groups in total. The van der Waals surface area contributed by atoms with Crippen LogP contribution in [0, 0.1) is 5.92 Å². The second kappa shape index (κ2) is 8.52. The molecule has 1 fully saturated rings. The van der Waals surface area contributed by atoms with Gasteiger partial charge in [0.15, 0.2) is 0 Å². The van der Waals surface area contributed by atoms with E-state index in [4.69, 9.17) is 5.11 Å². The molecule has 0 bridgehead atoms. The normalized spacial score (nSPS) is 17.8. The van der Waals surface area contributed by atoms with E-state index in [1.807, 2.05) is 0 Å². The van der Waals surface area contributed by atoms with E-state index >= 15 is 0 Å². The SMILES string of the molecule is CC(C)N(Cc1ccccc1)CC1CCN(CCO)CC1. The Kier molecular flexibility index (Phi) is 6.68. The molecule has 1 aromatic rings. The summed E-state index contributed by atoms with van der Waals surface area (Å²) in [5.74, 6) is 0.797. The Bertz CT molecular complexity index is 385. The van der Waals surface area contributed by atoms with Gasteiger partial charge in [-0.15, -0.1) is 0 Å². The summed E-state index contributed by atoms with van der Waals surface area (Å²) in [7, 11) is 0. The number of hydrogen-bond acceptors (Lipinski definition) is 3. The van der Waals surface area contributed by atoms with Crippen LogP contribution in [0.25, 0.3) is 0 Å². The standard InChI is InChI=1S/C18H30N2O/c1-16(2)20(14-17-6-4-3-5-7-17)15-18-8-10-19(11-9-18)12-13-21/h3-7,16,18,21H,8-15H2,1-2H3. The molecule has 118 valence electrons. The van der Waals surface area contributed by atoms with Gasteiger partial charge < -0.3 is 10.0 Å². The van der Waals surface area contributed by atoms with Crippen molar-refractivity contribution in [1.29, 1.82) is 0 Å². The second-order valence-corrected chi connectivity index (χ2v) is 6.52. The first-order chi connectivity index (χ1) is 10.2. The molecule has 0 radical (unpaired) electrons. The summed E-state index contributed by atoms with van der Waals surface area (Å²) in [5.41, 5.74) is 1.41. The first kappa shape index (κ1) is 16.5. The smallest absolute Gasteiger partial charge is 0.0558 e. The highest BCUT2D eigenvalue weighted by molar-refractivity contribution is 5.14. The Morgan fingerprint density at radius 2 is 1.86 bits per heavy atom. The van der Waals surface area contributed by atoms with Crippen LogP contribution >= 0.6 is 0 Å². The van der Waals surface area contributed by atoms with Crippen LogP contribution in [0.5, 0.6) is 0 Å². The number of benzene rings is 1. The van der Waals surface area contributed by atoms with E-state index in [9.17, 15) is 0 Å². The third-order valence-electron chi connectivity index (χ3n) is 4.57. The summed E-state index contributed by atoms with van der Waals surface area (Å²) in [6.07, 6.45) is 2.52. The number of hydrogen-bond donors (Lipinski definition) is 1. The van der Waals surface area contributed by atoms with E-state index in [0.717, 1.165) is 32.1 Å². The van der Waals surface area contributed by atoms with Crippen molar-refractivity contribution in [3.8, 4) is 0 Å². The zero-order chi connectivity index (χ0) is 15.1. The van der Waals surface area contributed by atoms with Gasteiger partial charge in [0.1, 0.15) is 0 Å². The van der Waals surface area contributed by atoms with E-state index in [1.165, 1.54) is 24.9 Å². The highest BCUT2D eigenvalue weighted by Crippen LogP contribution is 2.20. The first-order valence-corrected chi connectivity index (χ1v) is 8.30. The van der Waals surface area contributed by atoms with Crippen LogP contribution < -0.4 is 0 Å². The quantitative estimate of drug-likeness (QED) is 0.836. The summed E-state index contributed by atoms with van der Waals surface area (Å²) < 4.78 is 0. The zero-order valence-corrected chi connectivity index (χ0v) is 13.5. The number of aliphatic hydroxyl groups is 1. The molecule has 0 unspecified atom stereocenters. The van der Waals surface area contributed by atoms with Crippen molar-refractivity contribution in [3.05, 3.63) is 35.9 Å². The van der Waals surface area contributed by atoms with Gasteiger partial charge in [-0.3, -0.25) is 4.90 Å². The zero-order valence-electron chi connectivity index (χ0n) is 13.5.